The van der Waals surface area contributed by atoms with Crippen molar-refractivity contribution in [3.8, 4) is 11.1 Å². The van der Waals surface area contributed by atoms with Crippen LogP contribution in [0.15, 0.2) is 59.5 Å². The lowest BCUT2D eigenvalue weighted by Crippen LogP contribution is -2.61. The molecule has 0 unspecified atom stereocenters. The lowest BCUT2D eigenvalue weighted by molar-refractivity contribution is -0.124. The number of carbonyl (C=O) groups excluding carboxylic acids is 1. The highest BCUT2D eigenvalue weighted by Crippen LogP contribution is 2.31. The summed E-state index contributed by atoms with van der Waals surface area (Å²) in [6.45, 7) is 0.596. The van der Waals surface area contributed by atoms with E-state index in [1.54, 1.807) is 18.2 Å². The molecule has 1 atom stereocenters. The maximum atomic E-state index is 13.2. The summed E-state index contributed by atoms with van der Waals surface area (Å²) < 4.78 is 26.3. The van der Waals surface area contributed by atoms with Gasteiger partial charge >= 0.3 is 0 Å². The van der Waals surface area contributed by atoms with Gasteiger partial charge in [-0.3, -0.25) is 4.79 Å². The Morgan fingerprint density at radius 3 is 2.36 bits per heavy atom. The molecule has 1 fully saturated rings. The lowest BCUT2D eigenvalue weighted by Gasteiger charge is -2.35. The van der Waals surface area contributed by atoms with Gasteiger partial charge in [0.1, 0.15) is 5.54 Å². The highest BCUT2D eigenvalue weighted by Gasteiger charge is 2.42. The summed E-state index contributed by atoms with van der Waals surface area (Å²) in [4.78, 5) is 12.3. The van der Waals surface area contributed by atoms with Crippen LogP contribution in [0, 0.1) is 0 Å². The summed E-state index contributed by atoms with van der Waals surface area (Å²) in [5, 5.41) is 3.06. The lowest BCUT2D eigenvalue weighted by atomic mass is 9.90. The van der Waals surface area contributed by atoms with Crippen LogP contribution in [-0.2, 0) is 14.6 Å². The summed E-state index contributed by atoms with van der Waals surface area (Å²) in [6.07, 6.45) is 2.14. The predicted octanol–water partition coefficient (Wildman–Crippen LogP) is 2.12. The van der Waals surface area contributed by atoms with Gasteiger partial charge in [-0.15, -0.1) is 0 Å². The molecule has 1 amide bonds. The van der Waals surface area contributed by atoms with Crippen molar-refractivity contribution in [3.05, 3.63) is 54.6 Å². The van der Waals surface area contributed by atoms with Crippen LogP contribution in [0.1, 0.15) is 19.3 Å². The Hall–Kier alpha value is -2.18. The number of benzene rings is 2. The normalized spacial score (nSPS) is 21.0. The van der Waals surface area contributed by atoms with Crippen molar-refractivity contribution in [2.45, 2.75) is 29.7 Å². The number of amides is 1. The third-order valence-corrected chi connectivity index (χ3v) is 6.61. The summed E-state index contributed by atoms with van der Waals surface area (Å²) in [6, 6.07) is 16.2. The van der Waals surface area contributed by atoms with E-state index < -0.39 is 21.3 Å². The highest BCUT2D eigenvalue weighted by molar-refractivity contribution is 7.91. The second-order valence-electron chi connectivity index (χ2n) is 6.45. The van der Waals surface area contributed by atoms with Crippen LogP contribution in [0.4, 0.5) is 0 Å². The minimum atomic E-state index is -3.71. The zero-order valence-corrected chi connectivity index (χ0v) is 14.8. The van der Waals surface area contributed by atoms with Crippen molar-refractivity contribution >= 4 is 15.7 Å². The first-order valence-electron chi connectivity index (χ1n) is 8.37. The number of primary amides is 1. The van der Waals surface area contributed by atoms with Crippen LogP contribution >= 0.6 is 0 Å². The zero-order chi connectivity index (χ0) is 17.9. The molecular weight excluding hydrogens is 336 g/mol. The van der Waals surface area contributed by atoms with Crippen LogP contribution in [0.3, 0.4) is 0 Å². The first-order chi connectivity index (χ1) is 11.9. The molecule has 0 spiro atoms. The molecule has 2 aromatic rings. The van der Waals surface area contributed by atoms with E-state index in [0.29, 0.717) is 18.5 Å². The number of nitrogens with two attached hydrogens (primary N) is 1. The molecule has 2 aromatic carbocycles. The number of sulfone groups is 1. The van der Waals surface area contributed by atoms with E-state index in [4.69, 9.17) is 5.73 Å². The second kappa shape index (κ2) is 6.98. The van der Waals surface area contributed by atoms with E-state index in [1.165, 1.54) is 0 Å². The first-order valence-corrected chi connectivity index (χ1v) is 10.0. The molecule has 0 radical (unpaired) electrons. The Labute approximate surface area is 148 Å². The van der Waals surface area contributed by atoms with Crippen LogP contribution in [0.2, 0.25) is 0 Å². The van der Waals surface area contributed by atoms with Gasteiger partial charge in [0.05, 0.1) is 10.6 Å². The quantitative estimate of drug-likeness (QED) is 0.857. The molecule has 0 aliphatic carbocycles. The van der Waals surface area contributed by atoms with Crippen molar-refractivity contribution in [1.29, 1.82) is 0 Å². The van der Waals surface area contributed by atoms with Gasteiger partial charge < -0.3 is 11.1 Å². The summed E-state index contributed by atoms with van der Waals surface area (Å²) in [7, 11) is -3.71. The van der Waals surface area contributed by atoms with Crippen molar-refractivity contribution in [3.63, 3.8) is 0 Å². The van der Waals surface area contributed by atoms with Gasteiger partial charge in [0, 0.05) is 5.56 Å². The molecule has 5 nitrogen and oxygen atoms in total. The molecule has 6 heteroatoms. The van der Waals surface area contributed by atoms with Crippen molar-refractivity contribution < 1.29 is 13.2 Å². The molecule has 1 heterocycles. The number of hydrogen-bond acceptors (Lipinski definition) is 4. The Kier molecular flexibility index (Phi) is 4.92. The molecule has 132 valence electrons. The third-order valence-electron chi connectivity index (χ3n) is 4.71. The van der Waals surface area contributed by atoms with Gasteiger partial charge in [-0.05, 0) is 37.4 Å². The fourth-order valence-corrected chi connectivity index (χ4v) is 5.37. The molecule has 3 N–H and O–H groups in total. The largest absolute Gasteiger partial charge is 0.368 e. The highest BCUT2D eigenvalue weighted by atomic mass is 32.2. The Morgan fingerprint density at radius 2 is 1.72 bits per heavy atom. The number of nitrogens with one attached hydrogen (secondary N) is 1. The third kappa shape index (κ3) is 3.60. The minimum Gasteiger partial charge on any atom is -0.368 e. The number of carbonyl (C=O) groups is 1. The number of rotatable bonds is 5. The van der Waals surface area contributed by atoms with Gasteiger partial charge in [-0.1, -0.05) is 48.5 Å². The average Bonchev–Trinajstić information content (AvgIpc) is 2.63. The maximum Gasteiger partial charge on any atom is 0.238 e. The molecule has 1 aliphatic rings. The fraction of sp³-hybridized carbons (Fsp3) is 0.316. The number of piperidine rings is 1. The molecule has 3 rings (SSSR count). The second-order valence-corrected chi connectivity index (χ2v) is 8.41. The van der Waals surface area contributed by atoms with Crippen LogP contribution in [-0.4, -0.2) is 32.2 Å². The van der Waals surface area contributed by atoms with Crippen LogP contribution in [0.25, 0.3) is 11.1 Å². The Morgan fingerprint density at radius 1 is 1.04 bits per heavy atom. The zero-order valence-electron chi connectivity index (χ0n) is 13.9. The monoisotopic (exact) mass is 358 g/mol. The van der Waals surface area contributed by atoms with E-state index >= 15 is 0 Å². The summed E-state index contributed by atoms with van der Waals surface area (Å²) in [5.74, 6) is -0.924. The average molecular weight is 358 g/mol. The molecule has 0 saturated carbocycles. The molecule has 0 bridgehead atoms. The van der Waals surface area contributed by atoms with E-state index in [-0.39, 0.29) is 10.6 Å². The Balaban J connectivity index is 2.02. The standard InChI is InChI=1S/C19H22N2O3S/c20-18(22)19(12-6-7-13-21-19)14-25(23,24)17-11-5-4-10-16(17)15-8-2-1-3-9-15/h1-5,8-11,21H,6-7,12-14H2,(H2,20,22)/t19-/m1/s1. The van der Waals surface area contributed by atoms with Gasteiger partial charge in [-0.25, -0.2) is 8.42 Å². The Bertz CT molecular complexity index is 857. The van der Waals surface area contributed by atoms with E-state index in [9.17, 15) is 13.2 Å². The molecule has 0 aromatic heterocycles. The topological polar surface area (TPSA) is 89.3 Å². The fourth-order valence-electron chi connectivity index (χ4n) is 3.37. The molecule has 25 heavy (non-hydrogen) atoms. The minimum absolute atomic E-state index is 0.231. The van der Waals surface area contributed by atoms with Gasteiger partial charge in [0.15, 0.2) is 9.84 Å². The predicted molar refractivity (Wildman–Crippen MR) is 97.7 cm³/mol. The molecule has 1 saturated heterocycles. The van der Waals surface area contributed by atoms with Crippen LogP contribution in [0.5, 0.6) is 0 Å². The number of hydrogen-bond donors (Lipinski definition) is 2. The smallest absolute Gasteiger partial charge is 0.238 e. The van der Waals surface area contributed by atoms with Crippen molar-refractivity contribution in [2.75, 3.05) is 12.3 Å². The van der Waals surface area contributed by atoms with Crippen LogP contribution < -0.4 is 11.1 Å². The van der Waals surface area contributed by atoms with E-state index in [2.05, 4.69) is 5.32 Å². The van der Waals surface area contributed by atoms with Gasteiger partial charge in [0.25, 0.3) is 0 Å². The van der Waals surface area contributed by atoms with E-state index in [1.807, 2.05) is 36.4 Å². The molecule has 1 aliphatic heterocycles. The van der Waals surface area contributed by atoms with Gasteiger partial charge in [-0.2, -0.15) is 0 Å². The SMILES string of the molecule is NC(=O)[C@]1(CS(=O)(=O)c2ccccc2-c2ccccc2)CCCCN1. The van der Waals surface area contributed by atoms with Crippen molar-refractivity contribution in [1.82, 2.24) is 5.32 Å². The maximum absolute atomic E-state index is 13.2. The molecular formula is C19H22N2O3S. The van der Waals surface area contributed by atoms with Gasteiger partial charge in [0.2, 0.25) is 5.91 Å². The summed E-state index contributed by atoms with van der Waals surface area (Å²) >= 11 is 0. The first kappa shape index (κ1) is 17.6. The van der Waals surface area contributed by atoms with E-state index in [0.717, 1.165) is 18.4 Å². The summed E-state index contributed by atoms with van der Waals surface area (Å²) in [5.41, 5.74) is 5.84. The van der Waals surface area contributed by atoms with Crippen molar-refractivity contribution in [2.24, 2.45) is 5.73 Å².